The molecular weight excluding hydrogens is 290 g/mol. The van der Waals surface area contributed by atoms with Gasteiger partial charge in [-0.3, -0.25) is 0 Å². The van der Waals surface area contributed by atoms with Crippen molar-refractivity contribution >= 4 is 0 Å². The lowest BCUT2D eigenvalue weighted by atomic mass is 10.1. The zero-order valence-corrected chi connectivity index (χ0v) is 16.7. The Morgan fingerprint density at radius 2 is 1.08 bits per heavy atom. The Kier molecular flexibility index (Phi) is 11.9. The summed E-state index contributed by atoms with van der Waals surface area (Å²) in [5, 5.41) is 0. The maximum Gasteiger partial charge on any atom is 0.0786 e. The van der Waals surface area contributed by atoms with Gasteiger partial charge in [-0.25, -0.2) is 0 Å². The average Bonchev–Trinajstić information content (AvgIpc) is 2.63. The van der Waals surface area contributed by atoms with E-state index in [2.05, 4.69) is 51.1 Å². The van der Waals surface area contributed by atoms with Crippen LogP contribution in [0, 0.1) is 0 Å². The first-order valence-electron chi connectivity index (χ1n) is 10.7. The van der Waals surface area contributed by atoms with Gasteiger partial charge in [-0.2, -0.15) is 0 Å². The summed E-state index contributed by atoms with van der Waals surface area (Å²) in [6.45, 7) is 12.7. The first-order chi connectivity index (χ1) is 11.8. The van der Waals surface area contributed by atoms with Crippen LogP contribution in [0.3, 0.4) is 0 Å². The minimum atomic E-state index is 1.25. The molecule has 0 bridgehead atoms. The van der Waals surface area contributed by atoms with Gasteiger partial charge in [0, 0.05) is 0 Å². The van der Waals surface area contributed by atoms with Gasteiger partial charge in [-0.15, -0.1) is 0 Å². The van der Waals surface area contributed by atoms with E-state index in [1.165, 1.54) is 100 Å². The van der Waals surface area contributed by atoms with E-state index >= 15 is 0 Å². The highest BCUT2D eigenvalue weighted by molar-refractivity contribution is 5.14. The summed E-state index contributed by atoms with van der Waals surface area (Å²) in [7, 11) is 0. The van der Waals surface area contributed by atoms with Gasteiger partial charge < -0.3 is 4.48 Å². The molecule has 24 heavy (non-hydrogen) atoms. The van der Waals surface area contributed by atoms with Crippen molar-refractivity contribution in [1.82, 2.24) is 0 Å². The van der Waals surface area contributed by atoms with Gasteiger partial charge in [0.2, 0.25) is 0 Å². The second-order valence-corrected chi connectivity index (χ2v) is 7.59. The standard InChI is InChI=1S/C23H42N/c1-4-7-19-24(20-8-5-2,21-9-6-3)22-15-11-14-18-23-16-12-10-13-17-23/h10,12-13,16-17H,4-9,11,14-15,18-22H2,1-3H3/q+1. The Morgan fingerprint density at radius 1 is 0.583 bits per heavy atom. The molecule has 0 saturated heterocycles. The van der Waals surface area contributed by atoms with Crippen molar-refractivity contribution in [2.24, 2.45) is 0 Å². The van der Waals surface area contributed by atoms with Gasteiger partial charge in [-0.05, 0) is 50.5 Å². The summed E-state index contributed by atoms with van der Waals surface area (Å²) in [5.41, 5.74) is 1.50. The zero-order chi connectivity index (χ0) is 17.5. The number of unbranched alkanes of at least 4 members (excludes halogenated alkanes) is 5. The van der Waals surface area contributed by atoms with Crippen molar-refractivity contribution in [3.8, 4) is 0 Å². The predicted octanol–water partition coefficient (Wildman–Crippen LogP) is 6.62. The van der Waals surface area contributed by atoms with Crippen molar-refractivity contribution in [1.29, 1.82) is 0 Å². The smallest absolute Gasteiger partial charge is 0.0786 e. The molecule has 1 nitrogen and oxygen atoms in total. The molecule has 0 unspecified atom stereocenters. The summed E-state index contributed by atoms with van der Waals surface area (Å²) < 4.78 is 1.40. The lowest BCUT2D eigenvalue weighted by Gasteiger charge is -2.39. The molecule has 0 fully saturated rings. The fourth-order valence-electron chi connectivity index (χ4n) is 3.75. The van der Waals surface area contributed by atoms with Crippen LogP contribution in [0.5, 0.6) is 0 Å². The van der Waals surface area contributed by atoms with Crippen molar-refractivity contribution in [2.45, 2.75) is 85.0 Å². The van der Waals surface area contributed by atoms with Crippen LogP contribution in [-0.4, -0.2) is 30.7 Å². The van der Waals surface area contributed by atoms with Crippen LogP contribution in [0.15, 0.2) is 30.3 Å². The number of hydrogen-bond donors (Lipinski definition) is 0. The maximum atomic E-state index is 2.34. The van der Waals surface area contributed by atoms with Gasteiger partial charge in [-0.1, -0.05) is 70.4 Å². The van der Waals surface area contributed by atoms with Crippen LogP contribution >= 0.6 is 0 Å². The van der Waals surface area contributed by atoms with Crippen LogP contribution in [0.25, 0.3) is 0 Å². The quantitative estimate of drug-likeness (QED) is 0.250. The lowest BCUT2D eigenvalue weighted by Crippen LogP contribution is -2.50. The van der Waals surface area contributed by atoms with E-state index in [1.807, 2.05) is 0 Å². The van der Waals surface area contributed by atoms with Crippen molar-refractivity contribution in [2.75, 3.05) is 26.2 Å². The lowest BCUT2D eigenvalue weighted by molar-refractivity contribution is -0.929. The van der Waals surface area contributed by atoms with Crippen LogP contribution in [0.1, 0.15) is 84.1 Å². The molecule has 0 atom stereocenters. The average molecular weight is 333 g/mol. The van der Waals surface area contributed by atoms with Gasteiger partial charge in [0.1, 0.15) is 0 Å². The summed E-state index contributed by atoms with van der Waals surface area (Å²) in [5.74, 6) is 0. The highest BCUT2D eigenvalue weighted by Gasteiger charge is 2.24. The molecule has 1 rings (SSSR count). The number of nitrogens with zero attached hydrogens (tertiary/aromatic N) is 1. The second-order valence-electron chi connectivity index (χ2n) is 7.59. The Bertz CT molecular complexity index is 363. The molecule has 1 aromatic rings. The largest absolute Gasteiger partial charge is 0.324 e. The van der Waals surface area contributed by atoms with E-state index in [-0.39, 0.29) is 0 Å². The monoisotopic (exact) mass is 332 g/mol. The molecule has 0 aliphatic heterocycles. The fourth-order valence-corrected chi connectivity index (χ4v) is 3.75. The van der Waals surface area contributed by atoms with Crippen LogP contribution in [-0.2, 0) is 6.42 Å². The molecule has 0 heterocycles. The second kappa shape index (κ2) is 13.5. The molecule has 0 N–H and O–H groups in total. The maximum absolute atomic E-state index is 2.34. The van der Waals surface area contributed by atoms with Crippen LogP contribution in [0.4, 0.5) is 0 Å². The summed E-state index contributed by atoms with van der Waals surface area (Å²) in [6.07, 6.45) is 13.6. The van der Waals surface area contributed by atoms with Gasteiger partial charge in [0.15, 0.2) is 0 Å². The minimum Gasteiger partial charge on any atom is -0.324 e. The molecule has 0 aliphatic carbocycles. The Labute approximate surface area is 152 Å². The van der Waals surface area contributed by atoms with E-state index in [0.717, 1.165) is 0 Å². The molecule has 0 aromatic heterocycles. The third-order valence-corrected chi connectivity index (χ3v) is 5.40. The molecule has 0 amide bonds. The van der Waals surface area contributed by atoms with E-state index in [1.54, 1.807) is 0 Å². The molecule has 1 aromatic carbocycles. The Morgan fingerprint density at radius 3 is 1.58 bits per heavy atom. The topological polar surface area (TPSA) is 0 Å². The molecule has 0 radical (unpaired) electrons. The third-order valence-electron chi connectivity index (χ3n) is 5.40. The van der Waals surface area contributed by atoms with Crippen molar-refractivity contribution in [3.63, 3.8) is 0 Å². The molecule has 0 spiro atoms. The number of quaternary nitrogens is 1. The molecule has 0 saturated carbocycles. The number of benzene rings is 1. The van der Waals surface area contributed by atoms with E-state index in [9.17, 15) is 0 Å². The Balaban J connectivity index is 2.42. The molecule has 0 aliphatic rings. The first kappa shape index (κ1) is 21.2. The first-order valence-corrected chi connectivity index (χ1v) is 10.7. The van der Waals surface area contributed by atoms with Gasteiger partial charge in [0.25, 0.3) is 0 Å². The summed E-state index contributed by atoms with van der Waals surface area (Å²) in [4.78, 5) is 0. The third kappa shape index (κ3) is 8.87. The van der Waals surface area contributed by atoms with Gasteiger partial charge in [0.05, 0.1) is 26.2 Å². The number of hydrogen-bond acceptors (Lipinski definition) is 0. The predicted molar refractivity (Wildman–Crippen MR) is 108 cm³/mol. The van der Waals surface area contributed by atoms with Crippen LogP contribution < -0.4 is 0 Å². The van der Waals surface area contributed by atoms with Crippen LogP contribution in [0.2, 0.25) is 0 Å². The normalized spacial score (nSPS) is 11.8. The number of aryl methyl sites for hydroxylation is 1. The SMILES string of the molecule is CCCC[N+](CCCC)(CCCC)CCCCCc1ccccc1. The highest BCUT2D eigenvalue weighted by atomic mass is 15.3. The zero-order valence-electron chi connectivity index (χ0n) is 16.7. The summed E-state index contributed by atoms with van der Waals surface area (Å²) in [6, 6.07) is 11.0. The highest BCUT2D eigenvalue weighted by Crippen LogP contribution is 2.17. The number of rotatable bonds is 15. The fraction of sp³-hybridized carbons (Fsp3) is 0.739. The Hall–Kier alpha value is -0.820. The molecule has 138 valence electrons. The van der Waals surface area contributed by atoms with Crippen molar-refractivity contribution in [3.05, 3.63) is 35.9 Å². The minimum absolute atomic E-state index is 1.25. The van der Waals surface area contributed by atoms with Crippen molar-refractivity contribution < 1.29 is 4.48 Å². The van der Waals surface area contributed by atoms with E-state index in [0.29, 0.717) is 0 Å². The molecular formula is C23H42N+. The molecule has 1 heteroatoms. The summed E-state index contributed by atoms with van der Waals surface area (Å²) >= 11 is 0. The van der Waals surface area contributed by atoms with E-state index in [4.69, 9.17) is 0 Å². The van der Waals surface area contributed by atoms with Gasteiger partial charge >= 0.3 is 0 Å². The van der Waals surface area contributed by atoms with E-state index < -0.39 is 0 Å².